The minimum absolute atomic E-state index is 0.971. The molecule has 0 saturated carbocycles. The number of unbranched alkanes of at least 4 members (excludes halogenated alkanes) is 16. The third-order valence-electron chi connectivity index (χ3n) is 5.60. The minimum Gasteiger partial charge on any atom is -0.0654 e. The number of rotatable bonds is 20. The van der Waals surface area contributed by atoms with E-state index in [2.05, 4.69) is 20.8 Å². The van der Waals surface area contributed by atoms with Gasteiger partial charge in [-0.2, -0.15) is 0 Å². The molecule has 146 valence electrons. The summed E-state index contributed by atoms with van der Waals surface area (Å²) in [5.74, 6) is 0.971. The second-order valence-corrected chi connectivity index (χ2v) is 8.34. The maximum atomic E-state index is 2.48. The van der Waals surface area contributed by atoms with Gasteiger partial charge in [-0.1, -0.05) is 149 Å². The van der Waals surface area contributed by atoms with Crippen LogP contribution >= 0.6 is 0 Å². The Morgan fingerprint density at radius 3 is 0.917 bits per heavy atom. The van der Waals surface area contributed by atoms with Gasteiger partial charge in [0.05, 0.1) is 0 Å². The fourth-order valence-corrected chi connectivity index (χ4v) is 3.75. The van der Waals surface area contributed by atoms with Crippen LogP contribution in [0.4, 0.5) is 0 Å². The Morgan fingerprint density at radius 2 is 0.625 bits per heavy atom. The van der Waals surface area contributed by atoms with E-state index in [4.69, 9.17) is 0 Å². The summed E-state index contributed by atoms with van der Waals surface area (Å²) in [6, 6.07) is 0. The van der Waals surface area contributed by atoms with Crippen LogP contribution in [0.5, 0.6) is 0 Å². The topological polar surface area (TPSA) is 0 Å². The van der Waals surface area contributed by atoms with Gasteiger partial charge >= 0.3 is 0 Å². The van der Waals surface area contributed by atoms with Gasteiger partial charge in [0.1, 0.15) is 0 Å². The van der Waals surface area contributed by atoms with E-state index in [1.807, 2.05) is 0 Å². The molecule has 0 aliphatic heterocycles. The van der Waals surface area contributed by atoms with Crippen LogP contribution in [-0.2, 0) is 0 Å². The number of hydrogen-bond donors (Lipinski definition) is 0. The lowest BCUT2D eigenvalue weighted by Gasteiger charge is -2.11. The molecular formula is C24H50. The molecule has 0 spiro atoms. The highest BCUT2D eigenvalue weighted by Gasteiger charge is 2.02. The molecule has 0 aliphatic rings. The smallest absolute Gasteiger partial charge is 0.0443 e. The van der Waals surface area contributed by atoms with Gasteiger partial charge in [-0.15, -0.1) is 0 Å². The van der Waals surface area contributed by atoms with Crippen molar-refractivity contribution >= 4 is 0 Å². The number of hydrogen-bond acceptors (Lipinski definition) is 0. The van der Waals surface area contributed by atoms with E-state index in [1.54, 1.807) is 0 Å². The van der Waals surface area contributed by atoms with Crippen molar-refractivity contribution in [2.24, 2.45) is 5.92 Å². The van der Waals surface area contributed by atoms with Crippen LogP contribution in [-0.4, -0.2) is 0 Å². The zero-order valence-corrected chi connectivity index (χ0v) is 17.7. The van der Waals surface area contributed by atoms with Crippen molar-refractivity contribution in [3.8, 4) is 0 Å². The molecule has 0 rings (SSSR count). The van der Waals surface area contributed by atoms with Gasteiger partial charge in [-0.3, -0.25) is 0 Å². The molecule has 1 atom stereocenters. The van der Waals surface area contributed by atoms with E-state index >= 15 is 0 Å². The second kappa shape index (κ2) is 21.0. The van der Waals surface area contributed by atoms with Gasteiger partial charge in [-0.25, -0.2) is 0 Å². The maximum Gasteiger partial charge on any atom is -0.0443 e. The highest BCUT2D eigenvalue weighted by atomic mass is 14.1. The van der Waals surface area contributed by atoms with Crippen molar-refractivity contribution in [2.75, 3.05) is 0 Å². The summed E-state index contributed by atoms with van der Waals surface area (Å²) in [7, 11) is 0. The first-order valence-electron chi connectivity index (χ1n) is 11.8. The molecule has 0 unspecified atom stereocenters. The van der Waals surface area contributed by atoms with Crippen LogP contribution in [0.15, 0.2) is 0 Å². The third kappa shape index (κ3) is 20.0. The highest BCUT2D eigenvalue weighted by Crippen LogP contribution is 2.19. The summed E-state index contributed by atoms with van der Waals surface area (Å²) >= 11 is 0. The van der Waals surface area contributed by atoms with Gasteiger partial charge in [0.2, 0.25) is 0 Å². The van der Waals surface area contributed by atoms with Gasteiger partial charge in [0.25, 0.3) is 0 Å². The summed E-state index contributed by atoms with van der Waals surface area (Å²) in [5.41, 5.74) is 0. The minimum atomic E-state index is 0.971. The molecule has 0 heteroatoms. The van der Waals surface area contributed by atoms with E-state index in [9.17, 15) is 0 Å². The van der Waals surface area contributed by atoms with Crippen LogP contribution in [0.25, 0.3) is 0 Å². The Labute approximate surface area is 155 Å². The summed E-state index contributed by atoms with van der Waals surface area (Å²) in [4.78, 5) is 0. The van der Waals surface area contributed by atoms with Crippen molar-refractivity contribution in [2.45, 2.75) is 149 Å². The molecule has 0 heterocycles. The quantitative estimate of drug-likeness (QED) is 0.194. The van der Waals surface area contributed by atoms with Crippen LogP contribution in [0.1, 0.15) is 149 Å². The zero-order chi connectivity index (χ0) is 17.7. The lowest BCUT2D eigenvalue weighted by molar-refractivity contribution is 0.430. The first-order chi connectivity index (χ1) is 11.8. The van der Waals surface area contributed by atoms with Crippen molar-refractivity contribution in [3.05, 3.63) is 0 Å². The lowest BCUT2D eigenvalue weighted by Crippen LogP contribution is -1.95. The van der Waals surface area contributed by atoms with Crippen molar-refractivity contribution < 1.29 is 0 Å². The van der Waals surface area contributed by atoms with E-state index < -0.39 is 0 Å². The Kier molecular flexibility index (Phi) is 21.0. The van der Waals surface area contributed by atoms with Crippen LogP contribution < -0.4 is 0 Å². The van der Waals surface area contributed by atoms with E-state index in [1.165, 1.54) is 128 Å². The van der Waals surface area contributed by atoms with Crippen LogP contribution in [0.2, 0.25) is 0 Å². The fraction of sp³-hybridized carbons (Fsp3) is 1.00. The van der Waals surface area contributed by atoms with Crippen molar-refractivity contribution in [3.63, 3.8) is 0 Å². The standard InChI is InChI=1S/C24H50/c1-4-6-8-10-12-14-15-17-19-21-23-24(3)22-20-18-16-13-11-9-7-5-2/h24H,4-23H2,1-3H3/t24-/m1/s1. The zero-order valence-electron chi connectivity index (χ0n) is 17.7. The molecular weight excluding hydrogens is 288 g/mol. The lowest BCUT2D eigenvalue weighted by atomic mass is 9.95. The Balaban J connectivity index is 3.11. The van der Waals surface area contributed by atoms with Crippen molar-refractivity contribution in [1.82, 2.24) is 0 Å². The summed E-state index contributed by atoms with van der Waals surface area (Å²) in [6.45, 7) is 7.08. The highest BCUT2D eigenvalue weighted by molar-refractivity contribution is 4.56. The first kappa shape index (κ1) is 24.0. The van der Waals surface area contributed by atoms with Gasteiger partial charge in [0.15, 0.2) is 0 Å². The normalized spacial score (nSPS) is 12.6. The van der Waals surface area contributed by atoms with Crippen LogP contribution in [0, 0.1) is 5.92 Å². The average Bonchev–Trinajstić information content (AvgIpc) is 2.59. The molecule has 0 aromatic carbocycles. The molecule has 0 aromatic rings. The Hall–Kier alpha value is 0. The average molecular weight is 339 g/mol. The Bertz CT molecular complexity index is 208. The molecule has 24 heavy (non-hydrogen) atoms. The van der Waals surface area contributed by atoms with E-state index in [0.717, 1.165) is 5.92 Å². The largest absolute Gasteiger partial charge is 0.0654 e. The maximum absolute atomic E-state index is 2.48. The second-order valence-electron chi connectivity index (χ2n) is 8.34. The third-order valence-corrected chi connectivity index (χ3v) is 5.60. The summed E-state index contributed by atoms with van der Waals surface area (Å²) in [5, 5.41) is 0. The van der Waals surface area contributed by atoms with Gasteiger partial charge in [0, 0.05) is 0 Å². The van der Waals surface area contributed by atoms with Gasteiger partial charge < -0.3 is 0 Å². The van der Waals surface area contributed by atoms with E-state index in [0.29, 0.717) is 0 Å². The van der Waals surface area contributed by atoms with E-state index in [-0.39, 0.29) is 0 Å². The predicted octanol–water partition coefficient (Wildman–Crippen LogP) is 9.46. The molecule has 0 N–H and O–H groups in total. The molecule has 0 amide bonds. The summed E-state index contributed by atoms with van der Waals surface area (Å²) < 4.78 is 0. The molecule has 0 aromatic heterocycles. The Morgan fingerprint density at radius 1 is 0.375 bits per heavy atom. The molecule has 0 radical (unpaired) electrons. The molecule has 0 bridgehead atoms. The SMILES string of the molecule is CCCCCCCCCCCC[C@H](C)CCCCCCCCCC. The molecule has 0 aliphatic carbocycles. The first-order valence-corrected chi connectivity index (χ1v) is 11.8. The molecule has 0 fully saturated rings. The van der Waals surface area contributed by atoms with Crippen molar-refractivity contribution in [1.29, 1.82) is 0 Å². The van der Waals surface area contributed by atoms with Gasteiger partial charge in [-0.05, 0) is 5.92 Å². The monoisotopic (exact) mass is 338 g/mol. The predicted molar refractivity (Wildman–Crippen MR) is 113 cm³/mol. The fourth-order valence-electron chi connectivity index (χ4n) is 3.75. The van der Waals surface area contributed by atoms with Crippen LogP contribution in [0.3, 0.4) is 0 Å². The molecule has 0 saturated heterocycles. The molecule has 0 nitrogen and oxygen atoms in total. The summed E-state index contributed by atoms with van der Waals surface area (Å²) in [6.07, 6.45) is 29.3.